The number of methoxy groups -OCH3 is 2. The molecule has 0 aliphatic heterocycles. The van der Waals surface area contributed by atoms with Gasteiger partial charge in [0.2, 0.25) is 5.91 Å². The molecule has 0 atom stereocenters. The second-order valence-electron chi connectivity index (χ2n) is 6.19. The summed E-state index contributed by atoms with van der Waals surface area (Å²) < 4.78 is 10.5. The van der Waals surface area contributed by atoms with Gasteiger partial charge in [-0.15, -0.1) is 11.3 Å². The molecule has 25 heavy (non-hydrogen) atoms. The van der Waals surface area contributed by atoms with Crippen molar-refractivity contribution in [1.29, 1.82) is 0 Å². The Hall–Kier alpha value is -2.08. The second-order valence-corrected chi connectivity index (χ2v) is 7.27. The van der Waals surface area contributed by atoms with E-state index >= 15 is 0 Å². The quantitative estimate of drug-likeness (QED) is 0.791. The predicted molar refractivity (Wildman–Crippen MR) is 99.9 cm³/mol. The third kappa shape index (κ3) is 4.51. The van der Waals surface area contributed by atoms with Crippen molar-refractivity contribution < 1.29 is 14.3 Å². The molecule has 1 amide bonds. The normalized spacial score (nSPS) is 13.7. The van der Waals surface area contributed by atoms with E-state index in [-0.39, 0.29) is 5.91 Å². The van der Waals surface area contributed by atoms with Crippen LogP contribution in [-0.2, 0) is 24.1 Å². The highest BCUT2D eigenvalue weighted by molar-refractivity contribution is 7.15. The molecule has 0 unspecified atom stereocenters. The summed E-state index contributed by atoms with van der Waals surface area (Å²) in [6.07, 6.45) is 6.89. The lowest BCUT2D eigenvalue weighted by atomic mass is 10.1. The van der Waals surface area contributed by atoms with E-state index in [2.05, 4.69) is 10.3 Å². The number of aromatic nitrogens is 1. The molecule has 6 heteroatoms. The van der Waals surface area contributed by atoms with Gasteiger partial charge in [-0.1, -0.05) is 12.5 Å². The van der Waals surface area contributed by atoms with Gasteiger partial charge in [0, 0.05) is 11.3 Å². The Morgan fingerprint density at radius 1 is 1.16 bits per heavy atom. The molecule has 0 radical (unpaired) electrons. The lowest BCUT2D eigenvalue weighted by molar-refractivity contribution is -0.116. The lowest BCUT2D eigenvalue weighted by Crippen LogP contribution is -2.12. The average Bonchev–Trinajstić information content (AvgIpc) is 2.87. The van der Waals surface area contributed by atoms with Crippen molar-refractivity contribution in [3.05, 3.63) is 34.3 Å². The maximum absolute atomic E-state index is 12.2. The summed E-state index contributed by atoms with van der Waals surface area (Å²) in [6, 6.07) is 5.74. The largest absolute Gasteiger partial charge is 0.493 e. The number of fused-ring (bicyclic) bond motifs is 1. The summed E-state index contributed by atoms with van der Waals surface area (Å²) in [5.74, 6) is 1.38. The van der Waals surface area contributed by atoms with Crippen LogP contribution in [0.3, 0.4) is 0 Å². The summed E-state index contributed by atoms with van der Waals surface area (Å²) in [5, 5.41) is 3.69. The molecule has 1 aromatic heterocycles. The molecule has 0 spiro atoms. The highest BCUT2D eigenvalue weighted by Crippen LogP contribution is 2.30. The third-order valence-electron chi connectivity index (χ3n) is 4.43. The number of rotatable bonds is 6. The van der Waals surface area contributed by atoms with Gasteiger partial charge in [0.05, 0.1) is 19.9 Å². The Morgan fingerprint density at radius 3 is 2.76 bits per heavy atom. The van der Waals surface area contributed by atoms with Crippen molar-refractivity contribution in [1.82, 2.24) is 4.98 Å². The molecule has 2 aromatic rings. The van der Waals surface area contributed by atoms with E-state index in [1.807, 2.05) is 18.2 Å². The van der Waals surface area contributed by atoms with Crippen LogP contribution in [0, 0.1) is 0 Å². The summed E-state index contributed by atoms with van der Waals surface area (Å²) in [6.45, 7) is 0. The fraction of sp³-hybridized carbons (Fsp3) is 0.474. The van der Waals surface area contributed by atoms with Crippen molar-refractivity contribution in [2.24, 2.45) is 0 Å². The molecular weight excluding hydrogens is 336 g/mol. The number of nitrogens with zero attached hydrogens (tertiary/aromatic N) is 1. The van der Waals surface area contributed by atoms with Crippen molar-refractivity contribution >= 4 is 22.4 Å². The zero-order valence-corrected chi connectivity index (χ0v) is 15.6. The first kappa shape index (κ1) is 17.7. The maximum Gasteiger partial charge on any atom is 0.226 e. The van der Waals surface area contributed by atoms with Crippen molar-refractivity contribution in [2.75, 3.05) is 19.5 Å². The number of carbonyl (C=O) groups excluding carboxylic acids is 1. The molecule has 3 rings (SSSR count). The van der Waals surface area contributed by atoms with E-state index < -0.39 is 0 Å². The zero-order valence-electron chi connectivity index (χ0n) is 14.8. The number of aryl methyl sites for hydroxylation is 3. The van der Waals surface area contributed by atoms with Gasteiger partial charge in [0.15, 0.2) is 16.6 Å². The predicted octanol–water partition coefficient (Wildman–Crippen LogP) is 4.00. The van der Waals surface area contributed by atoms with E-state index in [1.54, 1.807) is 25.6 Å². The number of amides is 1. The standard InChI is InChI=1S/C19H24N2O3S/c1-23-15-10-8-13(12-16(15)24-2)9-11-18(22)21-19-20-14-6-4-3-5-7-17(14)25-19/h8,10,12H,3-7,9,11H2,1-2H3,(H,20,21,22). The minimum Gasteiger partial charge on any atom is -0.493 e. The van der Waals surface area contributed by atoms with E-state index in [0.717, 1.165) is 23.5 Å². The fourth-order valence-corrected chi connectivity index (χ4v) is 4.12. The Morgan fingerprint density at radius 2 is 1.96 bits per heavy atom. The summed E-state index contributed by atoms with van der Waals surface area (Å²) in [5.41, 5.74) is 2.22. The van der Waals surface area contributed by atoms with Crippen LogP contribution in [0.25, 0.3) is 0 Å². The van der Waals surface area contributed by atoms with Crippen molar-refractivity contribution in [2.45, 2.75) is 44.9 Å². The summed E-state index contributed by atoms with van der Waals surface area (Å²) in [7, 11) is 3.22. The van der Waals surface area contributed by atoms with Crippen LogP contribution in [0.4, 0.5) is 5.13 Å². The number of hydrogen-bond donors (Lipinski definition) is 1. The van der Waals surface area contributed by atoms with Gasteiger partial charge in [0.25, 0.3) is 0 Å². The van der Waals surface area contributed by atoms with Gasteiger partial charge >= 0.3 is 0 Å². The molecular formula is C19H24N2O3S. The Kier molecular flexibility index (Phi) is 5.91. The van der Waals surface area contributed by atoms with Crippen molar-refractivity contribution in [3.63, 3.8) is 0 Å². The fourth-order valence-electron chi connectivity index (χ4n) is 3.06. The first-order valence-corrected chi connectivity index (χ1v) is 9.50. The smallest absolute Gasteiger partial charge is 0.226 e. The van der Waals surface area contributed by atoms with Gasteiger partial charge in [-0.2, -0.15) is 0 Å². The van der Waals surface area contributed by atoms with E-state index in [1.165, 1.54) is 29.8 Å². The first-order valence-electron chi connectivity index (χ1n) is 8.69. The average molecular weight is 360 g/mol. The van der Waals surface area contributed by atoms with Gasteiger partial charge in [-0.05, 0) is 49.8 Å². The highest BCUT2D eigenvalue weighted by atomic mass is 32.1. The van der Waals surface area contributed by atoms with E-state index in [9.17, 15) is 4.79 Å². The SMILES string of the molecule is COc1ccc(CCC(=O)Nc2nc3c(s2)CCCCC3)cc1OC. The number of nitrogens with one attached hydrogen (secondary N) is 1. The van der Waals surface area contributed by atoms with Crippen LogP contribution in [0.2, 0.25) is 0 Å². The van der Waals surface area contributed by atoms with Gasteiger partial charge in [-0.3, -0.25) is 4.79 Å². The van der Waals surface area contributed by atoms with Crippen LogP contribution in [0.1, 0.15) is 41.8 Å². The third-order valence-corrected chi connectivity index (χ3v) is 5.50. The molecule has 1 N–H and O–H groups in total. The molecule has 134 valence electrons. The van der Waals surface area contributed by atoms with E-state index in [4.69, 9.17) is 9.47 Å². The Bertz CT molecular complexity index is 719. The molecule has 1 aliphatic carbocycles. The van der Waals surface area contributed by atoms with Crippen LogP contribution in [0.5, 0.6) is 11.5 Å². The number of anilines is 1. The minimum absolute atomic E-state index is 0.00121. The molecule has 0 fully saturated rings. The minimum atomic E-state index is -0.00121. The first-order chi connectivity index (χ1) is 12.2. The Labute approximate surface area is 152 Å². The summed E-state index contributed by atoms with van der Waals surface area (Å²) in [4.78, 5) is 18.2. The molecule has 0 bridgehead atoms. The van der Waals surface area contributed by atoms with E-state index in [0.29, 0.717) is 24.3 Å². The molecule has 5 nitrogen and oxygen atoms in total. The van der Waals surface area contributed by atoms with Gasteiger partial charge < -0.3 is 14.8 Å². The van der Waals surface area contributed by atoms with Crippen LogP contribution >= 0.6 is 11.3 Å². The lowest BCUT2D eigenvalue weighted by Gasteiger charge is -2.09. The maximum atomic E-state index is 12.2. The van der Waals surface area contributed by atoms with Crippen molar-refractivity contribution in [3.8, 4) is 11.5 Å². The zero-order chi connectivity index (χ0) is 17.6. The van der Waals surface area contributed by atoms with Gasteiger partial charge in [-0.25, -0.2) is 4.98 Å². The topological polar surface area (TPSA) is 60.5 Å². The number of thiazole rings is 1. The van der Waals surface area contributed by atoms with Crippen LogP contribution in [0.15, 0.2) is 18.2 Å². The molecule has 1 aromatic carbocycles. The molecule has 1 heterocycles. The Balaban J connectivity index is 1.56. The van der Waals surface area contributed by atoms with Crippen LogP contribution in [-0.4, -0.2) is 25.1 Å². The number of ether oxygens (including phenoxy) is 2. The number of carbonyl (C=O) groups is 1. The molecule has 0 saturated heterocycles. The number of benzene rings is 1. The van der Waals surface area contributed by atoms with Gasteiger partial charge in [0.1, 0.15) is 0 Å². The van der Waals surface area contributed by atoms with Crippen LogP contribution < -0.4 is 14.8 Å². The molecule has 0 saturated carbocycles. The number of hydrogen-bond acceptors (Lipinski definition) is 5. The second kappa shape index (κ2) is 8.34. The monoisotopic (exact) mass is 360 g/mol. The molecule has 1 aliphatic rings. The highest BCUT2D eigenvalue weighted by Gasteiger charge is 2.15. The summed E-state index contributed by atoms with van der Waals surface area (Å²) >= 11 is 1.63.